The van der Waals surface area contributed by atoms with Gasteiger partial charge in [-0.1, -0.05) is 55.2 Å². The number of rotatable bonds is 11. The average molecular weight is 607 g/mol. The summed E-state index contributed by atoms with van der Waals surface area (Å²) >= 11 is 16.1. The zero-order valence-electron chi connectivity index (χ0n) is 20.1. The molecule has 0 bridgehead atoms. The second-order valence-corrected chi connectivity index (χ2v) is 11.8. The minimum absolute atomic E-state index is 0.0582. The molecule has 7 nitrogen and oxygen atoms in total. The van der Waals surface area contributed by atoms with Crippen LogP contribution in [0.1, 0.15) is 39.2 Å². The molecule has 0 heterocycles. The maximum atomic E-state index is 13.7. The van der Waals surface area contributed by atoms with Crippen LogP contribution >= 0.6 is 39.1 Å². The molecule has 35 heavy (non-hydrogen) atoms. The molecule has 0 unspecified atom stereocenters. The van der Waals surface area contributed by atoms with Crippen molar-refractivity contribution >= 4 is 66.7 Å². The minimum atomic E-state index is -3.83. The fourth-order valence-corrected chi connectivity index (χ4v) is 5.46. The van der Waals surface area contributed by atoms with Crippen molar-refractivity contribution in [3.63, 3.8) is 0 Å². The van der Waals surface area contributed by atoms with Crippen molar-refractivity contribution < 1.29 is 18.0 Å². The number of nitrogens with one attached hydrogen (secondary N) is 1. The molecule has 2 amide bonds. The Hall–Kier alpha value is -1.81. The van der Waals surface area contributed by atoms with Gasteiger partial charge < -0.3 is 10.2 Å². The number of halogens is 3. The van der Waals surface area contributed by atoms with Crippen molar-refractivity contribution in [3.05, 3.63) is 62.5 Å². The number of anilines is 1. The van der Waals surface area contributed by atoms with Crippen LogP contribution in [0.5, 0.6) is 0 Å². The molecular formula is C24H30BrCl2N3O4S. The Kier molecular flexibility index (Phi) is 10.9. The Morgan fingerprint density at radius 1 is 1.03 bits per heavy atom. The molecule has 192 valence electrons. The maximum Gasteiger partial charge on any atom is 0.244 e. The first-order valence-electron chi connectivity index (χ1n) is 11.2. The molecule has 0 aliphatic rings. The Morgan fingerprint density at radius 2 is 1.63 bits per heavy atom. The SMILES string of the molecule is CC[C@@H](C)NC(=O)[C@H](CC)N(Cc1c(Cl)cccc1Cl)C(=O)CN(c1ccccc1Br)S(C)(=O)=O. The molecular weight excluding hydrogens is 577 g/mol. The summed E-state index contributed by atoms with van der Waals surface area (Å²) in [4.78, 5) is 28.2. The van der Waals surface area contributed by atoms with E-state index in [1.54, 1.807) is 49.4 Å². The summed E-state index contributed by atoms with van der Waals surface area (Å²) in [6, 6.07) is 10.7. The van der Waals surface area contributed by atoms with Gasteiger partial charge in [0.05, 0.1) is 11.9 Å². The topological polar surface area (TPSA) is 86.8 Å². The fraction of sp³-hybridized carbons (Fsp3) is 0.417. The third kappa shape index (κ3) is 7.84. The second kappa shape index (κ2) is 12.9. The average Bonchev–Trinajstić information content (AvgIpc) is 2.78. The first-order valence-corrected chi connectivity index (χ1v) is 14.5. The molecule has 0 aliphatic carbocycles. The first kappa shape index (κ1) is 29.4. The lowest BCUT2D eigenvalue weighted by Crippen LogP contribution is -2.53. The van der Waals surface area contributed by atoms with Crippen molar-refractivity contribution in [3.8, 4) is 0 Å². The van der Waals surface area contributed by atoms with E-state index >= 15 is 0 Å². The van der Waals surface area contributed by atoms with E-state index in [0.717, 1.165) is 17.0 Å². The summed E-state index contributed by atoms with van der Waals surface area (Å²) in [5.41, 5.74) is 0.793. The van der Waals surface area contributed by atoms with E-state index in [0.29, 0.717) is 32.2 Å². The Morgan fingerprint density at radius 3 is 2.14 bits per heavy atom. The van der Waals surface area contributed by atoms with Crippen molar-refractivity contribution in [2.24, 2.45) is 0 Å². The summed E-state index contributed by atoms with van der Waals surface area (Å²) in [6.45, 7) is 5.05. The molecule has 1 N–H and O–H groups in total. The van der Waals surface area contributed by atoms with Gasteiger partial charge >= 0.3 is 0 Å². The van der Waals surface area contributed by atoms with E-state index in [1.807, 2.05) is 13.8 Å². The van der Waals surface area contributed by atoms with Gasteiger partial charge in [0.15, 0.2) is 0 Å². The highest BCUT2D eigenvalue weighted by molar-refractivity contribution is 9.10. The summed E-state index contributed by atoms with van der Waals surface area (Å²) in [5.74, 6) is -0.890. The van der Waals surface area contributed by atoms with Gasteiger partial charge in [-0.25, -0.2) is 8.42 Å². The van der Waals surface area contributed by atoms with Crippen LogP contribution in [0.25, 0.3) is 0 Å². The van der Waals surface area contributed by atoms with Gasteiger partial charge in [-0.05, 0) is 60.0 Å². The lowest BCUT2D eigenvalue weighted by molar-refractivity contribution is -0.140. The number of nitrogens with zero attached hydrogens (tertiary/aromatic N) is 2. The maximum absolute atomic E-state index is 13.7. The summed E-state index contributed by atoms with van der Waals surface area (Å²) in [7, 11) is -3.83. The highest BCUT2D eigenvalue weighted by atomic mass is 79.9. The van der Waals surface area contributed by atoms with Crippen LogP contribution in [0, 0.1) is 0 Å². The smallest absolute Gasteiger partial charge is 0.244 e. The molecule has 11 heteroatoms. The molecule has 2 aromatic rings. The molecule has 0 saturated heterocycles. The number of hydrogen-bond acceptors (Lipinski definition) is 4. The van der Waals surface area contributed by atoms with Gasteiger partial charge in [-0.3, -0.25) is 13.9 Å². The van der Waals surface area contributed by atoms with Crippen molar-refractivity contribution in [2.75, 3.05) is 17.1 Å². The molecule has 2 atom stereocenters. The van der Waals surface area contributed by atoms with Crippen LogP contribution in [-0.2, 0) is 26.2 Å². The number of benzene rings is 2. The first-order chi connectivity index (χ1) is 16.4. The van der Waals surface area contributed by atoms with Crippen LogP contribution in [0.4, 0.5) is 5.69 Å². The lowest BCUT2D eigenvalue weighted by Gasteiger charge is -2.34. The highest BCUT2D eigenvalue weighted by Gasteiger charge is 2.33. The van der Waals surface area contributed by atoms with Crippen molar-refractivity contribution in [2.45, 2.75) is 52.2 Å². The minimum Gasteiger partial charge on any atom is -0.352 e. The van der Waals surface area contributed by atoms with E-state index in [9.17, 15) is 18.0 Å². The molecule has 0 aromatic heterocycles. The molecule has 0 radical (unpaired) electrons. The largest absolute Gasteiger partial charge is 0.352 e. The molecule has 0 spiro atoms. The van der Waals surface area contributed by atoms with Gasteiger partial charge in [-0.15, -0.1) is 0 Å². The van der Waals surface area contributed by atoms with Crippen molar-refractivity contribution in [1.29, 1.82) is 0 Å². The van der Waals surface area contributed by atoms with E-state index < -0.39 is 28.5 Å². The fourth-order valence-electron chi connectivity index (χ4n) is 3.46. The quantitative estimate of drug-likeness (QED) is 0.379. The summed E-state index contributed by atoms with van der Waals surface area (Å²) < 4.78 is 26.9. The normalized spacial score (nSPS) is 13.1. The van der Waals surface area contributed by atoms with Gasteiger partial charge in [0.2, 0.25) is 21.8 Å². The van der Waals surface area contributed by atoms with Gasteiger partial charge in [0, 0.05) is 32.7 Å². The standard InChI is InChI=1S/C24H30BrCl2N3O4S/c1-5-16(3)28-24(32)21(6-2)29(14-17-19(26)11-9-12-20(17)27)23(31)15-30(35(4,33)34)22-13-8-7-10-18(22)25/h7-13,16,21H,5-6,14-15H2,1-4H3,(H,28,32)/t16-,21+/m1/s1. The molecule has 2 aromatic carbocycles. The van der Waals surface area contributed by atoms with E-state index in [2.05, 4.69) is 21.2 Å². The van der Waals surface area contributed by atoms with Crippen LogP contribution in [0.15, 0.2) is 46.9 Å². The molecule has 0 aliphatic heterocycles. The zero-order valence-corrected chi connectivity index (χ0v) is 24.0. The van der Waals surface area contributed by atoms with E-state index in [-0.39, 0.29) is 18.5 Å². The second-order valence-electron chi connectivity index (χ2n) is 8.18. The number of carbonyl (C=O) groups excluding carboxylic acids is 2. The number of carbonyl (C=O) groups is 2. The van der Waals surface area contributed by atoms with Crippen LogP contribution in [0.2, 0.25) is 10.0 Å². The highest BCUT2D eigenvalue weighted by Crippen LogP contribution is 2.30. The number of para-hydroxylation sites is 1. The Balaban J connectivity index is 2.52. The lowest BCUT2D eigenvalue weighted by atomic mass is 10.1. The van der Waals surface area contributed by atoms with Crippen LogP contribution in [0.3, 0.4) is 0 Å². The predicted molar refractivity (Wildman–Crippen MR) is 145 cm³/mol. The number of amides is 2. The van der Waals surface area contributed by atoms with Crippen molar-refractivity contribution in [1.82, 2.24) is 10.2 Å². The van der Waals surface area contributed by atoms with Gasteiger partial charge in [0.25, 0.3) is 0 Å². The zero-order chi connectivity index (χ0) is 26.3. The summed E-state index contributed by atoms with van der Waals surface area (Å²) in [5, 5.41) is 3.61. The van der Waals surface area contributed by atoms with E-state index in [1.165, 1.54) is 4.90 Å². The van der Waals surface area contributed by atoms with Crippen LogP contribution < -0.4 is 9.62 Å². The third-order valence-electron chi connectivity index (χ3n) is 5.58. The van der Waals surface area contributed by atoms with E-state index in [4.69, 9.17) is 23.2 Å². The van der Waals surface area contributed by atoms with Gasteiger partial charge in [0.1, 0.15) is 12.6 Å². The Bertz CT molecular complexity index is 1140. The predicted octanol–water partition coefficient (Wildman–Crippen LogP) is 5.24. The number of sulfonamides is 1. The molecule has 0 fully saturated rings. The third-order valence-corrected chi connectivity index (χ3v) is 8.08. The summed E-state index contributed by atoms with van der Waals surface area (Å²) in [6.07, 6.45) is 2.06. The monoisotopic (exact) mass is 605 g/mol. The molecule has 2 rings (SSSR count). The Labute approximate surface area is 225 Å². The van der Waals surface area contributed by atoms with Gasteiger partial charge in [-0.2, -0.15) is 0 Å². The number of hydrogen-bond donors (Lipinski definition) is 1. The molecule has 0 saturated carbocycles. The van der Waals surface area contributed by atoms with Crippen LogP contribution in [-0.4, -0.2) is 50.0 Å².